The van der Waals surface area contributed by atoms with E-state index in [-0.39, 0.29) is 0 Å². The molecule has 1 aromatic rings. The minimum Gasteiger partial charge on any atom is -0.312 e. The van der Waals surface area contributed by atoms with E-state index in [0.29, 0.717) is 0 Å². The first kappa shape index (κ1) is 7.74. The van der Waals surface area contributed by atoms with Crippen molar-refractivity contribution in [3.8, 4) is 0 Å². The quantitative estimate of drug-likeness (QED) is 0.673. The highest BCUT2D eigenvalue weighted by Gasteiger charge is 2.11. The van der Waals surface area contributed by atoms with Crippen molar-refractivity contribution in [1.29, 1.82) is 0 Å². The van der Waals surface area contributed by atoms with Crippen molar-refractivity contribution in [2.75, 3.05) is 6.54 Å². The Kier molecular flexibility index (Phi) is 2.09. The Balaban J connectivity index is 2.44. The number of nitrogens with zero attached hydrogens (tertiary/aromatic N) is 1. The predicted molar refractivity (Wildman–Crippen MR) is 49.0 cm³/mol. The lowest BCUT2D eigenvalue weighted by molar-refractivity contribution is 0.633. The fourth-order valence-electron chi connectivity index (χ4n) is 1.77. The van der Waals surface area contributed by atoms with Gasteiger partial charge in [0.25, 0.3) is 0 Å². The summed E-state index contributed by atoms with van der Waals surface area (Å²) >= 11 is 0. The molecule has 2 heterocycles. The maximum atomic E-state index is 4.37. The second kappa shape index (κ2) is 3.23. The average molecular weight is 162 g/mol. The van der Waals surface area contributed by atoms with Gasteiger partial charge < -0.3 is 5.32 Å². The van der Waals surface area contributed by atoms with Crippen LogP contribution in [0.1, 0.15) is 23.7 Å². The van der Waals surface area contributed by atoms with Crippen molar-refractivity contribution in [3.63, 3.8) is 0 Å². The minimum absolute atomic E-state index is 1.01. The van der Waals surface area contributed by atoms with Crippen molar-refractivity contribution in [2.24, 2.45) is 0 Å². The Morgan fingerprint density at radius 3 is 3.33 bits per heavy atom. The van der Waals surface area contributed by atoms with Crippen molar-refractivity contribution in [1.82, 2.24) is 10.3 Å². The molecular weight excluding hydrogens is 148 g/mol. The summed E-state index contributed by atoms with van der Waals surface area (Å²) in [7, 11) is 0. The van der Waals surface area contributed by atoms with Crippen LogP contribution in [-0.4, -0.2) is 11.5 Å². The maximum Gasteiger partial charge on any atom is 0.0448 e. The van der Waals surface area contributed by atoms with Gasteiger partial charge in [-0.25, -0.2) is 0 Å². The second-order valence-electron chi connectivity index (χ2n) is 3.18. The minimum atomic E-state index is 1.01. The summed E-state index contributed by atoms with van der Waals surface area (Å²) in [5, 5.41) is 3.38. The second-order valence-corrected chi connectivity index (χ2v) is 3.18. The van der Waals surface area contributed by atoms with Crippen molar-refractivity contribution >= 4 is 0 Å². The number of aromatic nitrogens is 1. The van der Waals surface area contributed by atoms with Gasteiger partial charge in [0, 0.05) is 18.4 Å². The van der Waals surface area contributed by atoms with Crippen LogP contribution in [-0.2, 0) is 19.4 Å². The molecule has 1 N–H and O–H groups in total. The molecule has 64 valence electrons. The molecule has 0 fully saturated rings. The van der Waals surface area contributed by atoms with Gasteiger partial charge in [0.15, 0.2) is 0 Å². The van der Waals surface area contributed by atoms with Crippen LogP contribution >= 0.6 is 0 Å². The first-order valence-corrected chi connectivity index (χ1v) is 4.58. The molecule has 1 aliphatic rings. The molecule has 2 nitrogen and oxygen atoms in total. The lowest BCUT2D eigenvalue weighted by atomic mass is 9.99. The number of hydrogen-bond acceptors (Lipinski definition) is 2. The van der Waals surface area contributed by atoms with Crippen LogP contribution in [0.15, 0.2) is 12.3 Å². The zero-order chi connectivity index (χ0) is 8.39. The molecule has 1 aliphatic heterocycles. The van der Waals surface area contributed by atoms with Crippen LogP contribution in [0.25, 0.3) is 0 Å². The summed E-state index contributed by atoms with van der Waals surface area (Å²) in [4.78, 5) is 4.37. The number of aryl methyl sites for hydroxylation is 1. The fraction of sp³-hybridized carbons (Fsp3) is 0.500. The van der Waals surface area contributed by atoms with Gasteiger partial charge in [0.2, 0.25) is 0 Å². The van der Waals surface area contributed by atoms with E-state index in [2.05, 4.69) is 23.3 Å². The Hall–Kier alpha value is -0.890. The normalized spacial score (nSPS) is 15.8. The third-order valence-corrected chi connectivity index (χ3v) is 2.45. The molecule has 2 heteroatoms. The van der Waals surface area contributed by atoms with Crippen LogP contribution in [0, 0.1) is 0 Å². The van der Waals surface area contributed by atoms with Crippen LogP contribution in [0.4, 0.5) is 0 Å². The molecule has 0 aliphatic carbocycles. The maximum absolute atomic E-state index is 4.37. The highest BCUT2D eigenvalue weighted by atomic mass is 14.9. The molecule has 2 rings (SSSR count). The highest BCUT2D eigenvalue weighted by molar-refractivity contribution is 5.31. The number of pyridine rings is 1. The number of rotatable bonds is 1. The summed E-state index contributed by atoms with van der Waals surface area (Å²) in [5.41, 5.74) is 4.19. The Morgan fingerprint density at radius 1 is 1.58 bits per heavy atom. The Labute approximate surface area is 73.0 Å². The van der Waals surface area contributed by atoms with Gasteiger partial charge in [-0.2, -0.15) is 0 Å². The van der Waals surface area contributed by atoms with Crippen molar-refractivity contribution in [3.05, 3.63) is 29.1 Å². The third-order valence-electron chi connectivity index (χ3n) is 2.45. The molecule has 1 aromatic heterocycles. The van der Waals surface area contributed by atoms with E-state index in [0.717, 1.165) is 25.9 Å². The van der Waals surface area contributed by atoms with Crippen LogP contribution in [0.5, 0.6) is 0 Å². The summed E-state index contributed by atoms with van der Waals surface area (Å²) in [6.07, 6.45) is 4.14. The Bertz CT molecular complexity index is 267. The van der Waals surface area contributed by atoms with E-state index < -0.39 is 0 Å². The molecule has 12 heavy (non-hydrogen) atoms. The standard InChI is InChI=1S/C10H14N2/c1-2-10-9-7-11-5-3-8(9)4-6-12-10/h4,6,11H,2-3,5,7H2,1H3. The molecule has 0 amide bonds. The predicted octanol–water partition coefficient (Wildman–Crippen LogP) is 1.29. The van der Waals surface area contributed by atoms with Gasteiger partial charge in [-0.05, 0) is 36.6 Å². The summed E-state index contributed by atoms with van der Waals surface area (Å²) in [5.74, 6) is 0. The van der Waals surface area contributed by atoms with Gasteiger partial charge in [-0.15, -0.1) is 0 Å². The van der Waals surface area contributed by atoms with Crippen molar-refractivity contribution < 1.29 is 0 Å². The lowest BCUT2D eigenvalue weighted by Gasteiger charge is -2.18. The average Bonchev–Trinajstić information content (AvgIpc) is 2.17. The van der Waals surface area contributed by atoms with E-state index in [4.69, 9.17) is 0 Å². The largest absolute Gasteiger partial charge is 0.312 e. The molecule has 0 saturated carbocycles. The van der Waals surface area contributed by atoms with Gasteiger partial charge in [0.1, 0.15) is 0 Å². The van der Waals surface area contributed by atoms with Gasteiger partial charge >= 0.3 is 0 Å². The molecule has 0 bridgehead atoms. The first-order chi connectivity index (χ1) is 5.92. The van der Waals surface area contributed by atoms with E-state index in [9.17, 15) is 0 Å². The molecular formula is C10H14N2. The fourth-order valence-corrected chi connectivity index (χ4v) is 1.77. The van der Waals surface area contributed by atoms with Gasteiger partial charge in [-0.1, -0.05) is 6.92 Å². The smallest absolute Gasteiger partial charge is 0.0448 e. The monoisotopic (exact) mass is 162 g/mol. The van der Waals surface area contributed by atoms with Crippen LogP contribution in [0.2, 0.25) is 0 Å². The number of fused-ring (bicyclic) bond motifs is 1. The van der Waals surface area contributed by atoms with Crippen LogP contribution in [0.3, 0.4) is 0 Å². The van der Waals surface area contributed by atoms with Crippen LogP contribution < -0.4 is 5.32 Å². The third kappa shape index (κ3) is 1.23. The molecule has 0 saturated heterocycles. The summed E-state index contributed by atoms with van der Waals surface area (Å²) < 4.78 is 0. The SMILES string of the molecule is CCc1nccc2c1CNCC2. The van der Waals surface area contributed by atoms with E-state index in [1.807, 2.05) is 6.20 Å². The highest BCUT2D eigenvalue weighted by Crippen LogP contribution is 2.16. The molecule has 0 radical (unpaired) electrons. The summed E-state index contributed by atoms with van der Waals surface area (Å²) in [6.45, 7) is 4.28. The topological polar surface area (TPSA) is 24.9 Å². The summed E-state index contributed by atoms with van der Waals surface area (Å²) in [6, 6.07) is 2.15. The molecule has 0 aromatic carbocycles. The van der Waals surface area contributed by atoms with E-state index in [1.165, 1.54) is 16.8 Å². The first-order valence-electron chi connectivity index (χ1n) is 4.58. The molecule has 0 spiro atoms. The molecule has 0 atom stereocenters. The van der Waals surface area contributed by atoms with E-state index >= 15 is 0 Å². The zero-order valence-electron chi connectivity index (χ0n) is 7.43. The molecule has 0 unspecified atom stereocenters. The van der Waals surface area contributed by atoms with Crippen molar-refractivity contribution in [2.45, 2.75) is 26.3 Å². The lowest BCUT2D eigenvalue weighted by Crippen LogP contribution is -2.25. The van der Waals surface area contributed by atoms with Gasteiger partial charge in [-0.3, -0.25) is 4.98 Å². The van der Waals surface area contributed by atoms with Gasteiger partial charge in [0.05, 0.1) is 0 Å². The number of nitrogens with one attached hydrogen (secondary N) is 1. The Morgan fingerprint density at radius 2 is 2.50 bits per heavy atom. The number of hydrogen-bond donors (Lipinski definition) is 1. The zero-order valence-corrected chi connectivity index (χ0v) is 7.43. The van der Waals surface area contributed by atoms with E-state index in [1.54, 1.807) is 0 Å².